The molecule has 2 aromatic carbocycles. The monoisotopic (exact) mass is 492 g/mol. The van der Waals surface area contributed by atoms with Gasteiger partial charge in [-0.1, -0.05) is 45.9 Å². The predicted molar refractivity (Wildman–Crippen MR) is 147 cm³/mol. The van der Waals surface area contributed by atoms with Crippen LogP contribution in [0, 0.1) is 11.8 Å². The van der Waals surface area contributed by atoms with Gasteiger partial charge in [-0.15, -0.1) is 0 Å². The van der Waals surface area contributed by atoms with E-state index in [0.29, 0.717) is 42.0 Å². The fourth-order valence-electron chi connectivity index (χ4n) is 4.65. The largest absolute Gasteiger partial charge is 0.493 e. The lowest BCUT2D eigenvalue weighted by atomic mass is 10.1. The Morgan fingerprint density at radius 2 is 1.64 bits per heavy atom. The predicted octanol–water partition coefficient (Wildman–Crippen LogP) is 5.53. The van der Waals surface area contributed by atoms with E-state index in [0.717, 1.165) is 29.6 Å². The molecule has 0 aliphatic rings. The molecule has 0 aliphatic carbocycles. The standard InChI is InChI=1S/C30H40N2O4/c1-21(2)16-31(17-22(3)4)19-25(33)20-32-18-24(26-9-7-8-10-27(26)32)11-13-28(34)23-12-14-29(35-5)30(15-23)36-6/h7-15,18,21-22,25,33H,16-17,19-20H2,1-6H3/b13-11+. The van der Waals surface area contributed by atoms with Gasteiger partial charge in [-0.2, -0.15) is 0 Å². The molecular weight excluding hydrogens is 452 g/mol. The topological polar surface area (TPSA) is 63.9 Å². The number of aliphatic hydroxyl groups excluding tert-OH is 1. The number of nitrogens with zero attached hydrogens (tertiary/aromatic N) is 2. The number of carbonyl (C=O) groups is 1. The number of methoxy groups -OCH3 is 2. The first-order valence-electron chi connectivity index (χ1n) is 12.6. The van der Waals surface area contributed by atoms with Crippen molar-refractivity contribution in [2.75, 3.05) is 33.9 Å². The second-order valence-corrected chi connectivity index (χ2v) is 10.2. The van der Waals surface area contributed by atoms with Crippen molar-refractivity contribution in [2.24, 2.45) is 11.8 Å². The number of benzene rings is 2. The molecule has 0 bridgehead atoms. The highest BCUT2D eigenvalue weighted by Crippen LogP contribution is 2.28. The summed E-state index contributed by atoms with van der Waals surface area (Å²) in [7, 11) is 3.12. The fourth-order valence-corrected chi connectivity index (χ4v) is 4.65. The van der Waals surface area contributed by atoms with Crippen LogP contribution in [0.25, 0.3) is 17.0 Å². The third-order valence-electron chi connectivity index (χ3n) is 6.02. The number of rotatable bonds is 13. The van der Waals surface area contributed by atoms with E-state index in [9.17, 15) is 9.90 Å². The molecule has 0 spiro atoms. The second-order valence-electron chi connectivity index (χ2n) is 10.2. The Morgan fingerprint density at radius 3 is 2.28 bits per heavy atom. The van der Waals surface area contributed by atoms with Crippen LogP contribution in [-0.4, -0.2) is 60.3 Å². The molecule has 1 aromatic heterocycles. The van der Waals surface area contributed by atoms with Crippen LogP contribution in [0.2, 0.25) is 0 Å². The maximum atomic E-state index is 12.9. The average molecular weight is 493 g/mol. The van der Waals surface area contributed by atoms with Gasteiger partial charge in [0.1, 0.15) is 0 Å². The van der Waals surface area contributed by atoms with Crippen LogP contribution in [0.5, 0.6) is 11.5 Å². The first kappa shape index (κ1) is 27.5. The van der Waals surface area contributed by atoms with E-state index in [-0.39, 0.29) is 5.78 Å². The summed E-state index contributed by atoms with van der Waals surface area (Å²) in [6.45, 7) is 11.9. The Balaban J connectivity index is 1.79. The maximum absolute atomic E-state index is 12.9. The minimum absolute atomic E-state index is 0.120. The SMILES string of the molecule is COc1ccc(C(=O)/C=C/c2cn(CC(O)CN(CC(C)C)CC(C)C)c3ccccc23)cc1OC. The van der Waals surface area contributed by atoms with Gasteiger partial charge in [-0.05, 0) is 48.3 Å². The van der Waals surface area contributed by atoms with E-state index in [1.165, 1.54) is 0 Å². The smallest absolute Gasteiger partial charge is 0.185 e. The minimum Gasteiger partial charge on any atom is -0.493 e. The van der Waals surface area contributed by atoms with Crippen LogP contribution < -0.4 is 9.47 Å². The van der Waals surface area contributed by atoms with Gasteiger partial charge in [0, 0.05) is 54.4 Å². The molecule has 6 nitrogen and oxygen atoms in total. The van der Waals surface area contributed by atoms with Crippen LogP contribution >= 0.6 is 0 Å². The fraction of sp³-hybridized carbons (Fsp3) is 0.433. The number of ketones is 1. The molecular formula is C30H40N2O4. The van der Waals surface area contributed by atoms with Crippen LogP contribution in [0.4, 0.5) is 0 Å². The highest BCUT2D eigenvalue weighted by atomic mass is 16.5. The van der Waals surface area contributed by atoms with Gasteiger partial charge in [0.05, 0.1) is 20.3 Å². The molecule has 3 rings (SSSR count). The van der Waals surface area contributed by atoms with E-state index < -0.39 is 6.10 Å². The molecule has 1 atom stereocenters. The van der Waals surface area contributed by atoms with Crippen molar-refractivity contribution in [3.8, 4) is 11.5 Å². The second kappa shape index (κ2) is 12.7. The lowest BCUT2D eigenvalue weighted by Crippen LogP contribution is -2.39. The molecule has 1 unspecified atom stereocenters. The number of aliphatic hydroxyl groups is 1. The lowest BCUT2D eigenvalue weighted by Gasteiger charge is -2.28. The number of ether oxygens (including phenoxy) is 2. The van der Waals surface area contributed by atoms with E-state index in [1.807, 2.05) is 30.5 Å². The molecule has 0 radical (unpaired) electrons. The number of fused-ring (bicyclic) bond motifs is 1. The number of carbonyl (C=O) groups excluding carboxylic acids is 1. The van der Waals surface area contributed by atoms with Gasteiger partial charge in [0.25, 0.3) is 0 Å². The molecule has 194 valence electrons. The third kappa shape index (κ3) is 7.21. The summed E-state index contributed by atoms with van der Waals surface area (Å²) in [6.07, 6.45) is 4.94. The number of hydrogen-bond donors (Lipinski definition) is 1. The Morgan fingerprint density at radius 1 is 0.972 bits per heavy atom. The summed E-state index contributed by atoms with van der Waals surface area (Å²) >= 11 is 0. The number of para-hydroxylation sites is 1. The van der Waals surface area contributed by atoms with Crippen LogP contribution in [0.15, 0.2) is 54.7 Å². The van der Waals surface area contributed by atoms with Crippen molar-refractivity contribution >= 4 is 22.8 Å². The number of aromatic nitrogens is 1. The lowest BCUT2D eigenvalue weighted by molar-refractivity contribution is 0.0869. The Bertz CT molecular complexity index is 1170. The molecule has 1 heterocycles. The van der Waals surface area contributed by atoms with E-state index in [2.05, 4.69) is 43.2 Å². The highest BCUT2D eigenvalue weighted by molar-refractivity contribution is 6.08. The molecule has 0 saturated carbocycles. The molecule has 3 aromatic rings. The van der Waals surface area contributed by atoms with Gasteiger partial charge >= 0.3 is 0 Å². The summed E-state index contributed by atoms with van der Waals surface area (Å²) in [6, 6.07) is 13.2. The Labute approximate surface area is 215 Å². The molecule has 0 fully saturated rings. The van der Waals surface area contributed by atoms with Gasteiger partial charge in [-0.25, -0.2) is 0 Å². The summed E-state index contributed by atoms with van der Waals surface area (Å²) in [4.78, 5) is 15.2. The van der Waals surface area contributed by atoms with E-state index in [4.69, 9.17) is 9.47 Å². The van der Waals surface area contributed by atoms with Crippen LogP contribution in [0.1, 0.15) is 43.6 Å². The third-order valence-corrected chi connectivity index (χ3v) is 6.02. The van der Waals surface area contributed by atoms with Crippen molar-refractivity contribution in [2.45, 2.75) is 40.3 Å². The Hall–Kier alpha value is -3.09. The maximum Gasteiger partial charge on any atom is 0.185 e. The number of allylic oxidation sites excluding steroid dienone is 1. The number of hydrogen-bond acceptors (Lipinski definition) is 5. The van der Waals surface area contributed by atoms with Crippen molar-refractivity contribution in [3.63, 3.8) is 0 Å². The molecule has 0 amide bonds. The van der Waals surface area contributed by atoms with Crippen molar-refractivity contribution in [1.82, 2.24) is 9.47 Å². The van der Waals surface area contributed by atoms with Gasteiger partial charge in [0.15, 0.2) is 17.3 Å². The molecule has 0 aliphatic heterocycles. The van der Waals surface area contributed by atoms with Crippen molar-refractivity contribution in [3.05, 3.63) is 65.9 Å². The minimum atomic E-state index is -0.497. The van der Waals surface area contributed by atoms with Crippen LogP contribution in [-0.2, 0) is 6.54 Å². The van der Waals surface area contributed by atoms with E-state index in [1.54, 1.807) is 38.5 Å². The highest BCUT2D eigenvalue weighted by Gasteiger charge is 2.17. The molecule has 36 heavy (non-hydrogen) atoms. The first-order chi connectivity index (χ1) is 17.2. The first-order valence-corrected chi connectivity index (χ1v) is 12.6. The van der Waals surface area contributed by atoms with Gasteiger partial charge in [0.2, 0.25) is 0 Å². The van der Waals surface area contributed by atoms with Crippen molar-refractivity contribution in [1.29, 1.82) is 0 Å². The average Bonchev–Trinajstić information content (AvgIpc) is 3.18. The van der Waals surface area contributed by atoms with E-state index >= 15 is 0 Å². The van der Waals surface area contributed by atoms with Gasteiger partial charge in [-0.3, -0.25) is 4.79 Å². The summed E-state index contributed by atoms with van der Waals surface area (Å²) < 4.78 is 12.7. The zero-order valence-electron chi connectivity index (χ0n) is 22.4. The Kier molecular flexibility index (Phi) is 9.73. The summed E-state index contributed by atoms with van der Waals surface area (Å²) in [5.74, 6) is 2.07. The summed E-state index contributed by atoms with van der Waals surface area (Å²) in [5.41, 5.74) is 2.50. The zero-order valence-corrected chi connectivity index (χ0v) is 22.4. The molecule has 6 heteroatoms. The molecule has 1 N–H and O–H groups in total. The normalized spacial score (nSPS) is 12.8. The molecule has 0 saturated heterocycles. The van der Waals surface area contributed by atoms with Gasteiger partial charge < -0.3 is 24.0 Å². The van der Waals surface area contributed by atoms with Crippen molar-refractivity contribution < 1.29 is 19.4 Å². The van der Waals surface area contributed by atoms with Crippen LogP contribution in [0.3, 0.4) is 0 Å². The quantitative estimate of drug-likeness (QED) is 0.251. The summed E-state index contributed by atoms with van der Waals surface area (Å²) in [5, 5.41) is 12.0. The zero-order chi connectivity index (χ0) is 26.2.